The number of hydrogen-bond acceptors (Lipinski definition) is 4. The van der Waals surface area contributed by atoms with Crippen molar-refractivity contribution in [3.8, 4) is 11.5 Å². The van der Waals surface area contributed by atoms with Crippen LogP contribution in [0, 0.1) is 5.82 Å². The summed E-state index contributed by atoms with van der Waals surface area (Å²) in [5, 5.41) is 1.11. The van der Waals surface area contributed by atoms with Gasteiger partial charge in [0.25, 0.3) is 0 Å². The molecule has 0 spiro atoms. The average Bonchev–Trinajstić information content (AvgIpc) is 2.97. The highest BCUT2D eigenvalue weighted by molar-refractivity contribution is 6.37. The van der Waals surface area contributed by atoms with Crippen LogP contribution in [0.5, 0.6) is 11.5 Å². The van der Waals surface area contributed by atoms with Crippen LogP contribution < -0.4 is 14.4 Å². The molecule has 2 aliphatic rings. The van der Waals surface area contributed by atoms with Crippen LogP contribution in [0.15, 0.2) is 24.3 Å². The van der Waals surface area contributed by atoms with Gasteiger partial charge in [-0.3, -0.25) is 4.90 Å². The van der Waals surface area contributed by atoms with Crippen LogP contribution in [0.2, 0.25) is 15.1 Å². The van der Waals surface area contributed by atoms with Crippen molar-refractivity contribution in [2.45, 2.75) is 25.9 Å². The predicted octanol–water partition coefficient (Wildman–Crippen LogP) is 5.70. The summed E-state index contributed by atoms with van der Waals surface area (Å²) in [6.45, 7) is 8.87. The lowest BCUT2D eigenvalue weighted by Gasteiger charge is -2.36. The van der Waals surface area contributed by atoms with Gasteiger partial charge < -0.3 is 14.4 Å². The van der Waals surface area contributed by atoms with E-state index in [0.717, 1.165) is 55.6 Å². The van der Waals surface area contributed by atoms with Gasteiger partial charge in [-0.05, 0) is 38.1 Å². The Morgan fingerprint density at radius 2 is 1.70 bits per heavy atom. The zero-order valence-corrected chi connectivity index (χ0v) is 19.2. The van der Waals surface area contributed by atoms with Gasteiger partial charge in [-0.15, -0.1) is 0 Å². The normalized spacial score (nSPS) is 18.3. The molecule has 2 aliphatic heterocycles. The standard InChI is InChI=1S/C22H24Cl3FN2O2/c1-22(2)13-14-9-15(23)10-19(20(14)30-22)28-5-3-27(4-6-28)7-8-29-21-17(24)11-16(26)12-18(21)25/h9-12H,3-8,13H2,1-2H3. The molecule has 8 heteroatoms. The van der Waals surface area contributed by atoms with Gasteiger partial charge in [-0.25, -0.2) is 4.39 Å². The Kier molecular flexibility index (Phi) is 6.27. The van der Waals surface area contributed by atoms with Gasteiger partial charge in [-0.2, -0.15) is 0 Å². The number of benzene rings is 2. The average molecular weight is 474 g/mol. The summed E-state index contributed by atoms with van der Waals surface area (Å²) < 4.78 is 25.2. The van der Waals surface area contributed by atoms with Crippen LogP contribution in [0.1, 0.15) is 19.4 Å². The topological polar surface area (TPSA) is 24.9 Å². The highest BCUT2D eigenvalue weighted by atomic mass is 35.5. The van der Waals surface area contributed by atoms with Crippen LogP contribution in [0.25, 0.3) is 0 Å². The molecule has 0 N–H and O–H groups in total. The lowest BCUT2D eigenvalue weighted by atomic mass is 10.0. The van der Waals surface area contributed by atoms with Crippen molar-refractivity contribution in [1.29, 1.82) is 0 Å². The number of nitrogens with zero attached hydrogens (tertiary/aromatic N) is 2. The molecule has 0 radical (unpaired) electrons. The summed E-state index contributed by atoms with van der Waals surface area (Å²) in [5.74, 6) is 0.808. The number of piperazine rings is 1. The SMILES string of the molecule is CC1(C)Cc2cc(Cl)cc(N3CCN(CCOc4c(Cl)cc(F)cc4Cl)CC3)c2O1. The summed E-state index contributed by atoms with van der Waals surface area (Å²) in [4.78, 5) is 4.65. The molecule has 2 heterocycles. The highest BCUT2D eigenvalue weighted by Crippen LogP contribution is 2.44. The maximum absolute atomic E-state index is 13.3. The van der Waals surface area contributed by atoms with E-state index in [9.17, 15) is 4.39 Å². The molecule has 0 amide bonds. The highest BCUT2D eigenvalue weighted by Gasteiger charge is 2.34. The molecule has 4 rings (SSSR count). The summed E-state index contributed by atoms with van der Waals surface area (Å²) in [5.41, 5.74) is 2.04. The largest absolute Gasteiger partial charge is 0.489 e. The van der Waals surface area contributed by atoms with Crippen LogP contribution >= 0.6 is 34.8 Å². The van der Waals surface area contributed by atoms with Gasteiger partial charge in [0.2, 0.25) is 0 Å². The maximum Gasteiger partial charge on any atom is 0.156 e. The van der Waals surface area contributed by atoms with Crippen LogP contribution in [-0.2, 0) is 6.42 Å². The Morgan fingerprint density at radius 3 is 2.37 bits per heavy atom. The number of ether oxygens (including phenoxy) is 2. The zero-order chi connectivity index (χ0) is 21.5. The molecule has 0 aliphatic carbocycles. The van der Waals surface area contributed by atoms with Crippen LogP contribution in [-0.4, -0.2) is 49.8 Å². The fourth-order valence-corrected chi connectivity index (χ4v) is 4.85. The van der Waals surface area contributed by atoms with Crippen molar-refractivity contribution < 1.29 is 13.9 Å². The number of fused-ring (bicyclic) bond motifs is 1. The molecule has 0 atom stereocenters. The van der Waals surface area contributed by atoms with Gasteiger partial charge in [0.05, 0.1) is 15.7 Å². The van der Waals surface area contributed by atoms with E-state index >= 15 is 0 Å². The second kappa shape index (κ2) is 8.62. The van der Waals surface area contributed by atoms with Gasteiger partial charge in [0, 0.05) is 49.7 Å². The smallest absolute Gasteiger partial charge is 0.156 e. The molecule has 1 saturated heterocycles. The lowest BCUT2D eigenvalue weighted by Crippen LogP contribution is -2.47. The molecule has 0 unspecified atom stereocenters. The summed E-state index contributed by atoms with van der Waals surface area (Å²) in [6.07, 6.45) is 0.863. The molecule has 1 fully saturated rings. The monoisotopic (exact) mass is 472 g/mol. The second-order valence-corrected chi connectivity index (χ2v) is 9.58. The minimum atomic E-state index is -0.478. The lowest BCUT2D eigenvalue weighted by molar-refractivity contribution is 0.138. The fourth-order valence-electron chi connectivity index (χ4n) is 4.05. The van der Waals surface area contributed by atoms with E-state index in [1.165, 1.54) is 17.7 Å². The quantitative estimate of drug-likeness (QED) is 0.556. The van der Waals surface area contributed by atoms with Crippen molar-refractivity contribution in [2.24, 2.45) is 0 Å². The Morgan fingerprint density at radius 1 is 1.03 bits per heavy atom. The molecule has 0 bridgehead atoms. The Bertz CT molecular complexity index is 923. The molecule has 30 heavy (non-hydrogen) atoms. The first-order valence-electron chi connectivity index (χ1n) is 9.98. The third-order valence-corrected chi connectivity index (χ3v) is 6.22. The number of halogens is 4. The van der Waals surface area contributed by atoms with E-state index in [1.54, 1.807) is 0 Å². The minimum absolute atomic E-state index is 0.183. The summed E-state index contributed by atoms with van der Waals surface area (Å²) in [7, 11) is 0. The fraction of sp³-hybridized carbons (Fsp3) is 0.455. The first-order chi connectivity index (χ1) is 14.2. The van der Waals surface area contributed by atoms with Crippen molar-refractivity contribution in [1.82, 2.24) is 4.90 Å². The van der Waals surface area contributed by atoms with Gasteiger partial charge in [0.1, 0.15) is 23.8 Å². The molecule has 0 aromatic heterocycles. The maximum atomic E-state index is 13.3. The van der Waals surface area contributed by atoms with E-state index < -0.39 is 5.82 Å². The third kappa shape index (κ3) is 4.75. The van der Waals surface area contributed by atoms with Crippen molar-refractivity contribution >= 4 is 40.5 Å². The van der Waals surface area contributed by atoms with Crippen LogP contribution in [0.4, 0.5) is 10.1 Å². The number of anilines is 1. The first-order valence-corrected chi connectivity index (χ1v) is 11.1. The second-order valence-electron chi connectivity index (χ2n) is 8.33. The van der Waals surface area contributed by atoms with Crippen molar-refractivity contribution in [2.75, 3.05) is 44.2 Å². The molecular formula is C22H24Cl3FN2O2. The molecule has 162 valence electrons. The molecule has 4 nitrogen and oxygen atoms in total. The summed E-state index contributed by atoms with van der Waals surface area (Å²) in [6, 6.07) is 6.41. The predicted molar refractivity (Wildman–Crippen MR) is 120 cm³/mol. The first kappa shape index (κ1) is 21.8. The van der Waals surface area contributed by atoms with Gasteiger partial charge >= 0.3 is 0 Å². The Labute approximate surface area is 191 Å². The molecule has 0 saturated carbocycles. The Hall–Kier alpha value is -1.40. The van der Waals surface area contributed by atoms with E-state index in [4.69, 9.17) is 44.3 Å². The number of rotatable bonds is 5. The minimum Gasteiger partial charge on any atom is -0.489 e. The van der Waals surface area contributed by atoms with Gasteiger partial charge in [0.15, 0.2) is 5.75 Å². The number of hydrogen-bond donors (Lipinski definition) is 0. The Balaban J connectivity index is 1.33. The van der Waals surface area contributed by atoms with Crippen LogP contribution in [0.3, 0.4) is 0 Å². The molecular weight excluding hydrogens is 450 g/mol. The summed E-state index contributed by atoms with van der Waals surface area (Å²) >= 11 is 18.4. The van der Waals surface area contributed by atoms with Gasteiger partial charge in [-0.1, -0.05) is 34.8 Å². The third-order valence-electron chi connectivity index (χ3n) is 5.44. The van der Waals surface area contributed by atoms with E-state index in [1.807, 2.05) is 12.1 Å². The zero-order valence-electron chi connectivity index (χ0n) is 17.0. The molecule has 2 aromatic carbocycles. The van der Waals surface area contributed by atoms with Crippen molar-refractivity contribution in [3.63, 3.8) is 0 Å². The van der Waals surface area contributed by atoms with E-state index in [0.29, 0.717) is 12.4 Å². The molecule has 2 aromatic rings. The van der Waals surface area contributed by atoms with Crippen molar-refractivity contribution in [3.05, 3.63) is 50.7 Å². The van der Waals surface area contributed by atoms with E-state index in [2.05, 4.69) is 23.6 Å². The van der Waals surface area contributed by atoms with E-state index in [-0.39, 0.29) is 15.6 Å².